The normalized spacial score (nSPS) is 12.0. The number of carbonyl (C=O) groups is 1. The zero-order chi connectivity index (χ0) is 17.8. The number of nitrogens with one attached hydrogen (secondary N) is 1. The number of aromatic nitrogens is 3. The van der Waals surface area contributed by atoms with Crippen molar-refractivity contribution in [2.24, 2.45) is 7.05 Å². The van der Waals surface area contributed by atoms with E-state index in [1.165, 1.54) is 0 Å². The molecule has 0 aliphatic heterocycles. The van der Waals surface area contributed by atoms with Crippen LogP contribution >= 0.6 is 0 Å². The van der Waals surface area contributed by atoms with Crippen LogP contribution < -0.4 is 5.32 Å². The fourth-order valence-corrected chi connectivity index (χ4v) is 2.44. The molecule has 0 aliphatic carbocycles. The van der Waals surface area contributed by atoms with Crippen molar-refractivity contribution in [3.8, 4) is 11.4 Å². The van der Waals surface area contributed by atoms with Gasteiger partial charge in [0.05, 0.1) is 6.10 Å². The van der Waals surface area contributed by atoms with Crippen LogP contribution in [-0.2, 0) is 7.05 Å². The van der Waals surface area contributed by atoms with Crippen molar-refractivity contribution >= 4 is 5.91 Å². The molecule has 0 fully saturated rings. The van der Waals surface area contributed by atoms with Gasteiger partial charge in [-0.25, -0.2) is 4.98 Å². The second-order valence-electron chi connectivity index (χ2n) is 5.96. The zero-order valence-corrected chi connectivity index (χ0v) is 14.2. The predicted octanol–water partition coefficient (Wildman–Crippen LogP) is 2.25. The SMILES string of the molecule is Cc1ccc(C(O)CNC(=O)c2ccc(-c3ncn(C)n3)cc2)cc1. The number of aliphatic hydroxyl groups excluding tert-OH is 1. The molecule has 3 rings (SSSR count). The van der Waals surface area contributed by atoms with Crippen LogP contribution in [0.25, 0.3) is 11.4 Å². The van der Waals surface area contributed by atoms with E-state index in [0.717, 1.165) is 16.7 Å². The van der Waals surface area contributed by atoms with Crippen molar-refractivity contribution in [1.82, 2.24) is 20.1 Å². The monoisotopic (exact) mass is 336 g/mol. The van der Waals surface area contributed by atoms with Gasteiger partial charge in [-0.3, -0.25) is 9.48 Å². The Labute approximate surface area is 146 Å². The maximum atomic E-state index is 12.2. The van der Waals surface area contributed by atoms with Crippen molar-refractivity contribution < 1.29 is 9.90 Å². The van der Waals surface area contributed by atoms with E-state index in [2.05, 4.69) is 15.4 Å². The van der Waals surface area contributed by atoms with Gasteiger partial charge in [-0.05, 0) is 24.6 Å². The minimum Gasteiger partial charge on any atom is -0.387 e. The number of benzene rings is 2. The Kier molecular flexibility index (Phi) is 4.90. The molecule has 2 aromatic carbocycles. The maximum absolute atomic E-state index is 12.2. The number of amides is 1. The number of carbonyl (C=O) groups excluding carboxylic acids is 1. The fourth-order valence-electron chi connectivity index (χ4n) is 2.44. The highest BCUT2D eigenvalue weighted by Crippen LogP contribution is 2.16. The predicted molar refractivity (Wildman–Crippen MR) is 94.9 cm³/mol. The molecule has 128 valence electrons. The van der Waals surface area contributed by atoms with Crippen molar-refractivity contribution in [1.29, 1.82) is 0 Å². The Balaban J connectivity index is 1.60. The molecule has 0 radical (unpaired) electrons. The van der Waals surface area contributed by atoms with E-state index in [4.69, 9.17) is 0 Å². The van der Waals surface area contributed by atoms with Crippen LogP contribution in [0.5, 0.6) is 0 Å². The Hall–Kier alpha value is -2.99. The van der Waals surface area contributed by atoms with Gasteiger partial charge >= 0.3 is 0 Å². The lowest BCUT2D eigenvalue weighted by atomic mass is 10.1. The van der Waals surface area contributed by atoms with E-state index in [9.17, 15) is 9.90 Å². The fraction of sp³-hybridized carbons (Fsp3) is 0.211. The lowest BCUT2D eigenvalue weighted by Gasteiger charge is -2.12. The first-order valence-electron chi connectivity index (χ1n) is 8.02. The Morgan fingerprint density at radius 2 is 1.84 bits per heavy atom. The molecule has 0 bridgehead atoms. The minimum absolute atomic E-state index is 0.158. The molecule has 0 saturated heterocycles. The van der Waals surface area contributed by atoms with Gasteiger partial charge in [0, 0.05) is 24.7 Å². The molecule has 6 nitrogen and oxygen atoms in total. The summed E-state index contributed by atoms with van der Waals surface area (Å²) in [5.74, 6) is 0.385. The summed E-state index contributed by atoms with van der Waals surface area (Å²) in [5.41, 5.74) is 3.28. The van der Waals surface area contributed by atoms with Crippen LogP contribution in [0.3, 0.4) is 0 Å². The van der Waals surface area contributed by atoms with E-state index in [0.29, 0.717) is 11.4 Å². The van der Waals surface area contributed by atoms with Gasteiger partial charge in [0.1, 0.15) is 6.33 Å². The molecule has 25 heavy (non-hydrogen) atoms. The highest BCUT2D eigenvalue weighted by atomic mass is 16.3. The van der Waals surface area contributed by atoms with Crippen LogP contribution in [0.4, 0.5) is 0 Å². The summed E-state index contributed by atoms with van der Waals surface area (Å²) in [6.45, 7) is 2.15. The van der Waals surface area contributed by atoms with E-state index in [1.54, 1.807) is 42.3 Å². The molecule has 6 heteroatoms. The third-order valence-corrected chi connectivity index (χ3v) is 3.92. The van der Waals surface area contributed by atoms with Gasteiger partial charge in [-0.2, -0.15) is 5.10 Å². The molecule has 1 aromatic heterocycles. The first-order chi connectivity index (χ1) is 12.0. The topological polar surface area (TPSA) is 80.0 Å². The molecule has 0 saturated carbocycles. The number of aryl methyl sites for hydroxylation is 2. The molecule has 1 unspecified atom stereocenters. The number of hydrogen-bond acceptors (Lipinski definition) is 4. The van der Waals surface area contributed by atoms with Crippen molar-refractivity contribution in [2.75, 3.05) is 6.54 Å². The van der Waals surface area contributed by atoms with E-state index >= 15 is 0 Å². The summed E-state index contributed by atoms with van der Waals surface area (Å²) in [5, 5.41) is 17.1. The molecular weight excluding hydrogens is 316 g/mol. The standard InChI is InChI=1S/C19H20N4O2/c1-13-3-5-14(6-4-13)17(24)11-20-19(25)16-9-7-15(8-10-16)18-21-12-23(2)22-18/h3-10,12,17,24H,11H2,1-2H3,(H,20,25). The van der Waals surface area contributed by atoms with Crippen molar-refractivity contribution in [2.45, 2.75) is 13.0 Å². The third kappa shape index (κ3) is 4.10. The van der Waals surface area contributed by atoms with Gasteiger partial charge in [0.15, 0.2) is 5.82 Å². The molecule has 0 aliphatic rings. The van der Waals surface area contributed by atoms with Crippen molar-refractivity contribution in [3.63, 3.8) is 0 Å². The molecular formula is C19H20N4O2. The second kappa shape index (κ2) is 7.27. The number of rotatable bonds is 5. The highest BCUT2D eigenvalue weighted by Gasteiger charge is 2.11. The summed E-state index contributed by atoms with van der Waals surface area (Å²) in [6, 6.07) is 14.6. The second-order valence-corrected chi connectivity index (χ2v) is 5.96. The van der Waals surface area contributed by atoms with Crippen LogP contribution in [0, 0.1) is 6.92 Å². The summed E-state index contributed by atoms with van der Waals surface area (Å²) >= 11 is 0. The first-order valence-corrected chi connectivity index (χ1v) is 8.02. The van der Waals surface area contributed by atoms with Crippen LogP contribution in [-0.4, -0.2) is 32.3 Å². The quantitative estimate of drug-likeness (QED) is 0.749. The highest BCUT2D eigenvalue weighted by molar-refractivity contribution is 5.94. The Morgan fingerprint density at radius 1 is 1.16 bits per heavy atom. The Bertz CT molecular complexity index is 854. The average Bonchev–Trinajstić information content (AvgIpc) is 3.06. The zero-order valence-electron chi connectivity index (χ0n) is 14.2. The third-order valence-electron chi connectivity index (χ3n) is 3.92. The van der Waals surface area contributed by atoms with E-state index < -0.39 is 6.10 Å². The molecule has 2 N–H and O–H groups in total. The smallest absolute Gasteiger partial charge is 0.251 e. The molecule has 0 spiro atoms. The maximum Gasteiger partial charge on any atom is 0.251 e. The van der Waals surface area contributed by atoms with E-state index in [1.807, 2.05) is 31.2 Å². The number of hydrogen-bond donors (Lipinski definition) is 2. The van der Waals surface area contributed by atoms with Gasteiger partial charge < -0.3 is 10.4 Å². The van der Waals surface area contributed by atoms with Crippen LogP contribution in [0.1, 0.15) is 27.6 Å². The van der Waals surface area contributed by atoms with Crippen LogP contribution in [0.15, 0.2) is 54.9 Å². The van der Waals surface area contributed by atoms with Gasteiger partial charge in [-0.15, -0.1) is 0 Å². The lowest BCUT2D eigenvalue weighted by Crippen LogP contribution is -2.28. The summed E-state index contributed by atoms with van der Waals surface area (Å²) in [4.78, 5) is 16.4. The Morgan fingerprint density at radius 3 is 2.44 bits per heavy atom. The summed E-state index contributed by atoms with van der Waals surface area (Å²) in [7, 11) is 1.80. The molecule has 3 aromatic rings. The molecule has 1 amide bonds. The van der Waals surface area contributed by atoms with Gasteiger partial charge in [0.25, 0.3) is 5.91 Å². The number of aliphatic hydroxyl groups is 1. The average molecular weight is 336 g/mol. The van der Waals surface area contributed by atoms with E-state index in [-0.39, 0.29) is 12.5 Å². The largest absolute Gasteiger partial charge is 0.387 e. The lowest BCUT2D eigenvalue weighted by molar-refractivity contribution is 0.0916. The summed E-state index contributed by atoms with van der Waals surface area (Å²) < 4.78 is 1.63. The van der Waals surface area contributed by atoms with Crippen molar-refractivity contribution in [3.05, 3.63) is 71.5 Å². The minimum atomic E-state index is -0.735. The van der Waals surface area contributed by atoms with Gasteiger partial charge in [0.2, 0.25) is 0 Å². The first kappa shape index (κ1) is 16.9. The van der Waals surface area contributed by atoms with Gasteiger partial charge in [-0.1, -0.05) is 42.0 Å². The number of nitrogens with zero attached hydrogens (tertiary/aromatic N) is 3. The summed E-state index contributed by atoms with van der Waals surface area (Å²) in [6.07, 6.45) is 0.893. The molecule has 1 heterocycles. The van der Waals surface area contributed by atoms with Crippen LogP contribution in [0.2, 0.25) is 0 Å². The molecule has 1 atom stereocenters.